The van der Waals surface area contributed by atoms with Gasteiger partial charge in [-0.05, 0) is 12.5 Å². The van der Waals surface area contributed by atoms with Gasteiger partial charge in [0.15, 0.2) is 0 Å². The lowest BCUT2D eigenvalue weighted by Crippen LogP contribution is -2.29. The van der Waals surface area contributed by atoms with Crippen molar-refractivity contribution < 1.29 is 0 Å². The van der Waals surface area contributed by atoms with E-state index in [0.717, 1.165) is 44.3 Å². The molecule has 0 aliphatic carbocycles. The van der Waals surface area contributed by atoms with Gasteiger partial charge in [0.1, 0.15) is 0 Å². The number of aromatic nitrogens is 2. The van der Waals surface area contributed by atoms with Crippen LogP contribution < -0.4 is 5.32 Å². The molecule has 0 aromatic carbocycles. The molecule has 5 heteroatoms. The van der Waals surface area contributed by atoms with Crippen molar-refractivity contribution in [3.8, 4) is 0 Å². The number of rotatable bonds is 2. The van der Waals surface area contributed by atoms with Crippen molar-refractivity contribution in [1.29, 1.82) is 0 Å². The minimum absolute atomic E-state index is 0.726. The van der Waals surface area contributed by atoms with Crippen molar-refractivity contribution in [2.45, 2.75) is 13.5 Å². The summed E-state index contributed by atoms with van der Waals surface area (Å²) in [7, 11) is 0. The summed E-state index contributed by atoms with van der Waals surface area (Å²) in [5, 5.41) is 3.43. The first-order valence-electron chi connectivity index (χ1n) is 5.04. The zero-order valence-corrected chi connectivity index (χ0v) is 9.26. The van der Waals surface area contributed by atoms with Crippen molar-refractivity contribution >= 4 is 11.7 Å². The topological polar surface area (TPSA) is 41.0 Å². The maximum Gasteiger partial charge on any atom is 0.0883 e. The third kappa shape index (κ3) is 2.73. The summed E-state index contributed by atoms with van der Waals surface area (Å²) in [5.74, 6) is 0.726. The predicted octanol–water partition coefficient (Wildman–Crippen LogP) is 0.579. The van der Waals surface area contributed by atoms with Crippen LogP contribution in [0.4, 0.5) is 0 Å². The van der Waals surface area contributed by atoms with Crippen LogP contribution in [0.2, 0.25) is 0 Å². The average Bonchev–Trinajstić information content (AvgIpc) is 2.56. The first-order valence-corrected chi connectivity index (χ1v) is 5.77. The molecule has 1 aliphatic heterocycles. The number of hydrogen-bond acceptors (Lipinski definition) is 5. The Balaban J connectivity index is 1.90. The molecule has 1 aliphatic rings. The predicted molar refractivity (Wildman–Crippen MR) is 57.2 cm³/mol. The minimum atomic E-state index is 0.726. The summed E-state index contributed by atoms with van der Waals surface area (Å²) in [6.45, 7) is 7.72. The number of nitrogens with one attached hydrogen (secondary N) is 1. The molecule has 1 fully saturated rings. The standard InChI is InChI=1S/C9H16N4S/c1-8-4-10-2-3-13(6-8)7-9-5-11-14-12-9/h5,8,10H,2-4,6-7H2,1H3. The van der Waals surface area contributed by atoms with Gasteiger partial charge >= 0.3 is 0 Å². The molecule has 14 heavy (non-hydrogen) atoms. The van der Waals surface area contributed by atoms with E-state index in [1.54, 1.807) is 0 Å². The van der Waals surface area contributed by atoms with E-state index in [1.165, 1.54) is 11.7 Å². The molecule has 1 N–H and O–H groups in total. The third-order valence-electron chi connectivity index (χ3n) is 2.46. The Morgan fingerprint density at radius 3 is 3.43 bits per heavy atom. The Morgan fingerprint density at radius 2 is 2.64 bits per heavy atom. The lowest BCUT2D eigenvalue weighted by atomic mass is 10.2. The highest BCUT2D eigenvalue weighted by atomic mass is 32.1. The first-order chi connectivity index (χ1) is 6.84. The Morgan fingerprint density at radius 1 is 1.71 bits per heavy atom. The quantitative estimate of drug-likeness (QED) is 0.778. The second-order valence-electron chi connectivity index (χ2n) is 3.94. The van der Waals surface area contributed by atoms with Crippen molar-refractivity contribution in [1.82, 2.24) is 19.0 Å². The van der Waals surface area contributed by atoms with E-state index in [4.69, 9.17) is 0 Å². The van der Waals surface area contributed by atoms with Crippen molar-refractivity contribution in [2.75, 3.05) is 26.2 Å². The minimum Gasteiger partial charge on any atom is -0.315 e. The maximum absolute atomic E-state index is 4.23. The molecule has 1 aromatic heterocycles. The fraction of sp³-hybridized carbons (Fsp3) is 0.778. The lowest BCUT2D eigenvalue weighted by Gasteiger charge is -2.20. The van der Waals surface area contributed by atoms with E-state index in [2.05, 4.69) is 25.9 Å². The molecule has 1 aromatic rings. The first kappa shape index (κ1) is 10.0. The van der Waals surface area contributed by atoms with E-state index >= 15 is 0 Å². The van der Waals surface area contributed by atoms with Gasteiger partial charge in [-0.2, -0.15) is 8.75 Å². The van der Waals surface area contributed by atoms with E-state index in [9.17, 15) is 0 Å². The molecule has 0 saturated carbocycles. The van der Waals surface area contributed by atoms with E-state index < -0.39 is 0 Å². The molecule has 1 unspecified atom stereocenters. The summed E-state index contributed by atoms with van der Waals surface area (Å²) in [4.78, 5) is 2.45. The summed E-state index contributed by atoms with van der Waals surface area (Å²) in [6, 6.07) is 0. The fourth-order valence-corrected chi connectivity index (χ4v) is 2.23. The maximum atomic E-state index is 4.23. The molecule has 0 radical (unpaired) electrons. The summed E-state index contributed by atoms with van der Waals surface area (Å²) >= 11 is 1.29. The zero-order chi connectivity index (χ0) is 9.80. The van der Waals surface area contributed by atoms with Crippen LogP contribution in [0.1, 0.15) is 12.6 Å². The van der Waals surface area contributed by atoms with Crippen LogP contribution in [0.3, 0.4) is 0 Å². The molecule has 4 nitrogen and oxygen atoms in total. The highest BCUT2D eigenvalue weighted by Gasteiger charge is 2.14. The van der Waals surface area contributed by atoms with Crippen LogP contribution in [-0.4, -0.2) is 39.8 Å². The molecule has 1 atom stereocenters. The van der Waals surface area contributed by atoms with E-state index in [-0.39, 0.29) is 0 Å². The largest absolute Gasteiger partial charge is 0.315 e. The zero-order valence-electron chi connectivity index (χ0n) is 8.44. The van der Waals surface area contributed by atoms with Gasteiger partial charge in [-0.1, -0.05) is 6.92 Å². The molecule has 2 rings (SSSR count). The summed E-state index contributed by atoms with van der Waals surface area (Å²) < 4.78 is 8.25. The van der Waals surface area contributed by atoms with Gasteiger partial charge in [0, 0.05) is 26.2 Å². The van der Waals surface area contributed by atoms with Crippen molar-refractivity contribution in [3.05, 3.63) is 11.9 Å². The molecule has 0 bridgehead atoms. The fourth-order valence-electron chi connectivity index (χ4n) is 1.81. The van der Waals surface area contributed by atoms with Crippen molar-refractivity contribution in [3.63, 3.8) is 0 Å². The normalized spacial score (nSPS) is 24.8. The Labute approximate surface area is 88.7 Å². The van der Waals surface area contributed by atoms with Gasteiger partial charge in [-0.15, -0.1) is 0 Å². The van der Waals surface area contributed by atoms with Gasteiger partial charge in [0.2, 0.25) is 0 Å². The van der Waals surface area contributed by atoms with Crippen LogP contribution in [0.25, 0.3) is 0 Å². The SMILES string of the molecule is CC1CNCCN(Cc2cnsn2)C1. The van der Waals surface area contributed by atoms with Crippen LogP contribution in [0.15, 0.2) is 6.20 Å². The molecule has 2 heterocycles. The second kappa shape index (κ2) is 4.82. The summed E-state index contributed by atoms with van der Waals surface area (Å²) in [5.41, 5.74) is 1.10. The third-order valence-corrected chi connectivity index (χ3v) is 2.98. The molecule has 78 valence electrons. The Kier molecular flexibility index (Phi) is 3.44. The van der Waals surface area contributed by atoms with Gasteiger partial charge in [0.05, 0.1) is 23.6 Å². The number of hydrogen-bond donors (Lipinski definition) is 1. The number of nitrogens with zero attached hydrogens (tertiary/aromatic N) is 3. The monoisotopic (exact) mass is 212 g/mol. The highest BCUT2D eigenvalue weighted by molar-refractivity contribution is 6.99. The molecular weight excluding hydrogens is 196 g/mol. The van der Waals surface area contributed by atoms with Gasteiger partial charge < -0.3 is 5.32 Å². The Hall–Kier alpha value is -0.520. The van der Waals surface area contributed by atoms with Gasteiger partial charge in [-0.3, -0.25) is 4.90 Å². The van der Waals surface area contributed by atoms with Crippen LogP contribution in [0.5, 0.6) is 0 Å². The average molecular weight is 212 g/mol. The Bertz CT molecular complexity index is 262. The second-order valence-corrected chi connectivity index (χ2v) is 4.50. The smallest absolute Gasteiger partial charge is 0.0883 e. The van der Waals surface area contributed by atoms with Crippen LogP contribution >= 0.6 is 11.7 Å². The molecule has 0 amide bonds. The van der Waals surface area contributed by atoms with Gasteiger partial charge in [-0.25, -0.2) is 0 Å². The van der Waals surface area contributed by atoms with E-state index in [1.807, 2.05) is 6.20 Å². The van der Waals surface area contributed by atoms with Crippen molar-refractivity contribution in [2.24, 2.45) is 5.92 Å². The van der Waals surface area contributed by atoms with Gasteiger partial charge in [0.25, 0.3) is 0 Å². The molecule has 1 saturated heterocycles. The molecule has 0 spiro atoms. The molecular formula is C9H16N4S. The van der Waals surface area contributed by atoms with E-state index in [0.29, 0.717) is 0 Å². The van der Waals surface area contributed by atoms with Crippen LogP contribution in [-0.2, 0) is 6.54 Å². The highest BCUT2D eigenvalue weighted by Crippen LogP contribution is 2.07. The summed E-state index contributed by atoms with van der Waals surface area (Å²) in [6.07, 6.45) is 1.87. The van der Waals surface area contributed by atoms with Crippen LogP contribution in [0, 0.1) is 5.92 Å². The lowest BCUT2D eigenvalue weighted by molar-refractivity contribution is 0.254.